The van der Waals surface area contributed by atoms with Crippen LogP contribution in [-0.4, -0.2) is 34.1 Å². The van der Waals surface area contributed by atoms with E-state index in [1.165, 1.54) is 4.88 Å². The van der Waals surface area contributed by atoms with E-state index >= 15 is 0 Å². The molecule has 1 aliphatic rings. The topological polar surface area (TPSA) is 61.4 Å². The third-order valence-corrected chi connectivity index (χ3v) is 7.75. The summed E-state index contributed by atoms with van der Waals surface area (Å²) in [5.41, 5.74) is 1.71. The first-order valence-corrected chi connectivity index (χ1v) is 12.6. The monoisotopic (exact) mass is 441 g/mol. The predicted molar refractivity (Wildman–Crippen MR) is 125 cm³/mol. The lowest BCUT2D eigenvalue weighted by molar-refractivity contribution is 0.418. The minimum absolute atomic E-state index is 0.266. The van der Waals surface area contributed by atoms with Gasteiger partial charge in [-0.15, -0.1) is 11.3 Å². The fraction of sp³-hybridized carbons (Fsp3) is 0.304. The molecule has 2 heterocycles. The smallest absolute Gasteiger partial charge is 0.261 e. The summed E-state index contributed by atoms with van der Waals surface area (Å²) in [4.78, 5) is 4.07. The number of piperidine rings is 1. The number of nitrogens with zero attached hydrogens (tertiary/aromatic N) is 1. The molecule has 2 aromatic carbocycles. The van der Waals surface area contributed by atoms with Crippen LogP contribution in [0.15, 0.2) is 77.0 Å². The molecule has 0 amide bonds. The lowest BCUT2D eigenvalue weighted by Crippen LogP contribution is -2.43. The van der Waals surface area contributed by atoms with Crippen LogP contribution in [0.1, 0.15) is 17.7 Å². The normalized spacial score (nSPS) is 15.3. The molecule has 1 saturated heterocycles. The van der Waals surface area contributed by atoms with Gasteiger partial charge >= 0.3 is 0 Å². The molecule has 3 aromatic rings. The Bertz CT molecular complexity index is 1010. The molecule has 1 aromatic heterocycles. The van der Waals surface area contributed by atoms with Crippen LogP contribution in [0, 0.1) is 0 Å². The van der Waals surface area contributed by atoms with Gasteiger partial charge in [-0.05, 0) is 67.1 Å². The van der Waals surface area contributed by atoms with Crippen molar-refractivity contribution in [1.82, 2.24) is 5.32 Å². The van der Waals surface area contributed by atoms with Crippen LogP contribution in [0.5, 0.6) is 0 Å². The van der Waals surface area contributed by atoms with E-state index in [-0.39, 0.29) is 4.90 Å². The summed E-state index contributed by atoms with van der Waals surface area (Å²) < 4.78 is 27.6. The van der Waals surface area contributed by atoms with E-state index in [1.54, 1.807) is 30.3 Å². The van der Waals surface area contributed by atoms with E-state index in [4.69, 9.17) is 0 Å². The van der Waals surface area contributed by atoms with Gasteiger partial charge in [0.1, 0.15) is 0 Å². The molecule has 158 valence electrons. The highest BCUT2D eigenvalue weighted by molar-refractivity contribution is 7.92. The Morgan fingerprint density at radius 3 is 2.33 bits per heavy atom. The van der Waals surface area contributed by atoms with E-state index in [9.17, 15) is 8.42 Å². The fourth-order valence-electron chi connectivity index (χ4n) is 3.75. The maximum absolute atomic E-state index is 12.5. The third kappa shape index (κ3) is 5.41. The molecular formula is C23H27N3O2S2. The van der Waals surface area contributed by atoms with Gasteiger partial charge < -0.3 is 10.2 Å². The van der Waals surface area contributed by atoms with Gasteiger partial charge in [0.25, 0.3) is 10.0 Å². The molecule has 0 bridgehead atoms. The zero-order chi connectivity index (χ0) is 20.8. The van der Waals surface area contributed by atoms with Gasteiger partial charge in [-0.2, -0.15) is 0 Å². The Hall–Kier alpha value is -2.35. The van der Waals surface area contributed by atoms with E-state index in [0.717, 1.165) is 44.6 Å². The number of rotatable bonds is 8. The predicted octanol–water partition coefficient (Wildman–Crippen LogP) is 4.35. The molecule has 0 radical (unpaired) electrons. The first-order valence-electron chi connectivity index (χ1n) is 10.3. The largest absolute Gasteiger partial charge is 0.371 e. The molecule has 7 heteroatoms. The summed E-state index contributed by atoms with van der Waals surface area (Å²) in [6, 6.07) is 21.0. The summed E-state index contributed by atoms with van der Waals surface area (Å²) in [5.74, 6) is 0. The van der Waals surface area contributed by atoms with Crippen molar-refractivity contribution >= 4 is 32.7 Å². The molecule has 4 rings (SSSR count). The molecular weight excluding hydrogens is 414 g/mol. The van der Waals surface area contributed by atoms with Gasteiger partial charge in [-0.1, -0.05) is 24.3 Å². The molecule has 2 N–H and O–H groups in total. The number of hydrogen-bond acceptors (Lipinski definition) is 5. The summed E-state index contributed by atoms with van der Waals surface area (Å²) in [6.45, 7) is 3.04. The van der Waals surface area contributed by atoms with Gasteiger partial charge in [0.05, 0.1) is 4.90 Å². The van der Waals surface area contributed by atoms with Crippen molar-refractivity contribution in [2.24, 2.45) is 0 Å². The van der Waals surface area contributed by atoms with Crippen LogP contribution in [0.2, 0.25) is 0 Å². The second kappa shape index (κ2) is 9.64. The molecule has 0 atom stereocenters. The first-order chi connectivity index (χ1) is 14.6. The summed E-state index contributed by atoms with van der Waals surface area (Å²) in [5, 5.41) is 5.82. The Morgan fingerprint density at radius 2 is 1.67 bits per heavy atom. The summed E-state index contributed by atoms with van der Waals surface area (Å²) >= 11 is 1.82. The summed E-state index contributed by atoms with van der Waals surface area (Å²) in [7, 11) is -3.55. The highest BCUT2D eigenvalue weighted by atomic mass is 32.2. The first kappa shape index (κ1) is 20.9. The standard InChI is InChI=1S/C23H27N3O2S2/c27-30(28,23-6-2-1-3-7-23)25-20-8-10-21(11-9-20)26-16-13-19(14-17-26)24-15-12-22-5-4-18-29-22/h1-11,18-19,24-25H,12-17H2. The van der Waals surface area contributed by atoms with Gasteiger partial charge in [-0.3, -0.25) is 4.72 Å². The molecule has 0 unspecified atom stereocenters. The molecule has 1 aliphatic heterocycles. The third-order valence-electron chi connectivity index (χ3n) is 5.42. The van der Waals surface area contributed by atoms with Gasteiger partial charge in [0.2, 0.25) is 0 Å². The van der Waals surface area contributed by atoms with Crippen LogP contribution in [0.4, 0.5) is 11.4 Å². The van der Waals surface area contributed by atoms with Crippen LogP contribution >= 0.6 is 11.3 Å². The molecule has 1 fully saturated rings. The highest BCUT2D eigenvalue weighted by Crippen LogP contribution is 2.23. The van der Waals surface area contributed by atoms with Gasteiger partial charge in [-0.25, -0.2) is 8.42 Å². The fourth-order valence-corrected chi connectivity index (χ4v) is 5.54. The molecule has 30 heavy (non-hydrogen) atoms. The maximum atomic E-state index is 12.5. The zero-order valence-electron chi connectivity index (χ0n) is 16.8. The lowest BCUT2D eigenvalue weighted by Gasteiger charge is -2.34. The van der Waals surface area contributed by atoms with Crippen molar-refractivity contribution in [2.75, 3.05) is 29.3 Å². The van der Waals surface area contributed by atoms with E-state index < -0.39 is 10.0 Å². The van der Waals surface area contributed by atoms with Crippen molar-refractivity contribution in [3.05, 3.63) is 77.0 Å². The molecule has 0 spiro atoms. The minimum Gasteiger partial charge on any atom is -0.371 e. The second-order valence-corrected chi connectivity index (χ2v) is 10.2. The number of benzene rings is 2. The van der Waals surface area contributed by atoms with E-state index in [1.807, 2.05) is 35.6 Å². The lowest BCUT2D eigenvalue weighted by atomic mass is 10.0. The quantitative estimate of drug-likeness (QED) is 0.546. The second-order valence-electron chi connectivity index (χ2n) is 7.51. The van der Waals surface area contributed by atoms with Crippen molar-refractivity contribution in [3.8, 4) is 0 Å². The number of anilines is 2. The number of nitrogens with one attached hydrogen (secondary N) is 2. The van der Waals surface area contributed by atoms with Crippen LogP contribution in [0.3, 0.4) is 0 Å². The average Bonchev–Trinajstić information content (AvgIpc) is 3.29. The Balaban J connectivity index is 1.26. The average molecular weight is 442 g/mol. The number of thiophene rings is 1. The van der Waals surface area contributed by atoms with E-state index in [0.29, 0.717) is 11.7 Å². The Kier molecular flexibility index (Phi) is 6.72. The van der Waals surface area contributed by atoms with Crippen molar-refractivity contribution < 1.29 is 8.42 Å². The molecule has 0 saturated carbocycles. The Morgan fingerprint density at radius 1 is 0.933 bits per heavy atom. The van der Waals surface area contributed by atoms with Crippen LogP contribution in [-0.2, 0) is 16.4 Å². The van der Waals surface area contributed by atoms with Crippen molar-refractivity contribution in [1.29, 1.82) is 0 Å². The maximum Gasteiger partial charge on any atom is 0.261 e. The van der Waals surface area contributed by atoms with Gasteiger partial charge in [0, 0.05) is 41.9 Å². The molecule has 5 nitrogen and oxygen atoms in total. The minimum atomic E-state index is -3.55. The summed E-state index contributed by atoms with van der Waals surface area (Å²) in [6.07, 6.45) is 3.33. The Labute approximate surface area is 182 Å². The molecule has 0 aliphatic carbocycles. The van der Waals surface area contributed by atoms with Crippen molar-refractivity contribution in [3.63, 3.8) is 0 Å². The number of hydrogen-bond donors (Lipinski definition) is 2. The van der Waals surface area contributed by atoms with E-state index in [2.05, 4.69) is 32.5 Å². The SMILES string of the molecule is O=S(=O)(Nc1ccc(N2CCC(NCCc3cccs3)CC2)cc1)c1ccccc1. The van der Waals surface area contributed by atoms with Crippen LogP contribution in [0.25, 0.3) is 0 Å². The number of sulfonamides is 1. The zero-order valence-corrected chi connectivity index (χ0v) is 18.5. The van der Waals surface area contributed by atoms with Gasteiger partial charge in [0.15, 0.2) is 0 Å². The highest BCUT2D eigenvalue weighted by Gasteiger charge is 2.19. The van der Waals surface area contributed by atoms with Crippen LogP contribution < -0.4 is 14.9 Å². The van der Waals surface area contributed by atoms with Crippen molar-refractivity contribution in [2.45, 2.75) is 30.2 Å².